The van der Waals surface area contributed by atoms with E-state index in [2.05, 4.69) is 41.0 Å². The molecule has 2 aliphatic heterocycles. The summed E-state index contributed by atoms with van der Waals surface area (Å²) in [4.78, 5) is 43.1. The molecule has 0 aromatic heterocycles. The van der Waals surface area contributed by atoms with E-state index in [4.69, 9.17) is 14.2 Å². The van der Waals surface area contributed by atoms with Gasteiger partial charge < -0.3 is 19.1 Å². The van der Waals surface area contributed by atoms with Crippen LogP contribution in [0.1, 0.15) is 60.9 Å². The SMILES string of the molecule is CC(=O)Oc1ccc2c3c1O[C@H]1[C@@H](N(C)C(=O)C#Cc4cccc(C)c4)CC[C@@]4(OC(C)=O)[C@@H](C2)N(CCc2ccccc2)CC[C@]314. The number of rotatable bonds is 6. The van der Waals surface area contributed by atoms with Crippen molar-refractivity contribution in [3.05, 3.63) is 94.5 Å². The summed E-state index contributed by atoms with van der Waals surface area (Å²) in [5.74, 6) is 5.68. The Morgan fingerprint density at radius 3 is 2.57 bits per heavy atom. The van der Waals surface area contributed by atoms with Gasteiger partial charge in [0, 0.05) is 44.5 Å². The maximum Gasteiger partial charge on any atom is 0.308 e. The van der Waals surface area contributed by atoms with Crippen LogP contribution in [0.2, 0.25) is 0 Å². The number of hydrogen-bond donors (Lipinski definition) is 0. The van der Waals surface area contributed by atoms with Crippen LogP contribution >= 0.6 is 0 Å². The van der Waals surface area contributed by atoms with Gasteiger partial charge in [0.15, 0.2) is 11.5 Å². The van der Waals surface area contributed by atoms with Crippen molar-refractivity contribution in [1.82, 2.24) is 9.80 Å². The van der Waals surface area contributed by atoms with E-state index in [1.807, 2.05) is 49.4 Å². The average Bonchev–Trinajstić information content (AvgIpc) is 3.39. The standard InChI is InChI=1S/C39H40N2O6/c1-25-9-8-12-29(23-25)13-16-34(44)40(4)31-17-19-39(47-27(3)43)33-24-30-14-15-32(45-26(2)42)36-35(30)38(39,37(31)46-36)20-22-41(33)21-18-28-10-6-5-7-11-28/h5-12,14-15,23,31,33,37H,17-22,24H2,1-4H3/t31-,33+,37-,38-,39+/m0/s1. The number of likely N-dealkylation sites (N-methyl/N-ethyl adjacent to an activating group) is 1. The minimum Gasteiger partial charge on any atom is -0.483 e. The number of carbonyl (C=O) groups excluding carboxylic acids is 3. The molecule has 1 saturated heterocycles. The van der Waals surface area contributed by atoms with Crippen LogP contribution in [0.25, 0.3) is 0 Å². The Labute approximate surface area is 276 Å². The lowest BCUT2D eigenvalue weighted by molar-refractivity contribution is -0.223. The molecule has 2 bridgehead atoms. The Morgan fingerprint density at radius 2 is 1.83 bits per heavy atom. The number of hydrogen-bond acceptors (Lipinski definition) is 7. The summed E-state index contributed by atoms with van der Waals surface area (Å²) in [6.07, 6.45) is 2.79. The van der Waals surface area contributed by atoms with Crippen molar-refractivity contribution in [1.29, 1.82) is 0 Å². The number of amides is 1. The van der Waals surface area contributed by atoms with Crippen LogP contribution in [0.4, 0.5) is 0 Å². The van der Waals surface area contributed by atoms with Gasteiger partial charge in [-0.3, -0.25) is 19.3 Å². The third kappa shape index (κ3) is 5.08. The summed E-state index contributed by atoms with van der Waals surface area (Å²) >= 11 is 0. The first-order chi connectivity index (χ1) is 22.6. The Morgan fingerprint density at radius 1 is 1.02 bits per heavy atom. The van der Waals surface area contributed by atoms with E-state index in [1.54, 1.807) is 11.9 Å². The van der Waals surface area contributed by atoms with Crippen LogP contribution in [0.5, 0.6) is 11.5 Å². The lowest BCUT2D eigenvalue weighted by Gasteiger charge is -2.65. The molecule has 1 saturated carbocycles. The molecule has 8 heteroatoms. The predicted octanol–water partition coefficient (Wildman–Crippen LogP) is 4.77. The second-order valence-electron chi connectivity index (χ2n) is 13.4. The van der Waals surface area contributed by atoms with E-state index in [1.165, 1.54) is 19.4 Å². The highest BCUT2D eigenvalue weighted by Crippen LogP contribution is 2.67. The normalized spacial score (nSPS) is 26.6. The topological polar surface area (TPSA) is 85.4 Å². The van der Waals surface area contributed by atoms with Crippen molar-refractivity contribution in [2.75, 3.05) is 20.1 Å². The Kier molecular flexibility index (Phi) is 7.84. The van der Waals surface area contributed by atoms with Gasteiger partial charge in [-0.15, -0.1) is 0 Å². The molecule has 242 valence electrons. The fourth-order valence-corrected chi connectivity index (χ4v) is 8.93. The van der Waals surface area contributed by atoms with Gasteiger partial charge in [-0.05, 0) is 80.5 Å². The minimum atomic E-state index is -0.890. The molecule has 2 heterocycles. The Bertz CT molecular complexity index is 1810. The number of carbonyl (C=O) groups is 3. The van der Waals surface area contributed by atoms with Crippen molar-refractivity contribution >= 4 is 17.8 Å². The Hall–Kier alpha value is -4.61. The van der Waals surface area contributed by atoms with Crippen LogP contribution in [0.15, 0.2) is 66.7 Å². The molecule has 2 aliphatic carbocycles. The van der Waals surface area contributed by atoms with Crippen LogP contribution < -0.4 is 9.47 Å². The van der Waals surface area contributed by atoms with Crippen molar-refractivity contribution in [2.45, 2.75) is 82.1 Å². The summed E-state index contributed by atoms with van der Waals surface area (Å²) in [5, 5.41) is 0. The molecule has 7 rings (SSSR count). The molecule has 47 heavy (non-hydrogen) atoms. The number of ether oxygens (including phenoxy) is 3. The summed E-state index contributed by atoms with van der Waals surface area (Å²) in [7, 11) is 1.78. The van der Waals surface area contributed by atoms with E-state index < -0.39 is 23.1 Å². The molecule has 2 fully saturated rings. The van der Waals surface area contributed by atoms with Crippen LogP contribution in [0, 0.1) is 18.8 Å². The van der Waals surface area contributed by atoms with E-state index in [-0.39, 0.29) is 24.0 Å². The molecular formula is C39H40N2O6. The quantitative estimate of drug-likeness (QED) is 0.220. The van der Waals surface area contributed by atoms with E-state index in [9.17, 15) is 14.4 Å². The van der Waals surface area contributed by atoms with Crippen molar-refractivity contribution in [2.24, 2.45) is 0 Å². The smallest absolute Gasteiger partial charge is 0.308 e. The third-order valence-electron chi connectivity index (χ3n) is 10.7. The average molecular weight is 633 g/mol. The van der Waals surface area contributed by atoms with Gasteiger partial charge in [0.25, 0.3) is 5.91 Å². The second-order valence-corrected chi connectivity index (χ2v) is 13.4. The lowest BCUT2D eigenvalue weighted by atomic mass is 9.48. The molecule has 0 unspecified atom stereocenters. The van der Waals surface area contributed by atoms with Gasteiger partial charge >= 0.3 is 11.9 Å². The van der Waals surface area contributed by atoms with E-state index in [0.717, 1.165) is 41.8 Å². The minimum absolute atomic E-state index is 0.0870. The van der Waals surface area contributed by atoms with Crippen molar-refractivity contribution in [3.63, 3.8) is 0 Å². The zero-order chi connectivity index (χ0) is 32.9. The van der Waals surface area contributed by atoms with Crippen molar-refractivity contribution < 1.29 is 28.6 Å². The molecule has 5 atom stereocenters. The zero-order valence-electron chi connectivity index (χ0n) is 27.4. The maximum atomic E-state index is 13.7. The number of likely N-dealkylation sites (tertiary alicyclic amines) is 1. The monoisotopic (exact) mass is 632 g/mol. The van der Waals surface area contributed by atoms with Gasteiger partial charge in [-0.1, -0.05) is 54.5 Å². The van der Waals surface area contributed by atoms with Gasteiger partial charge in [-0.2, -0.15) is 0 Å². The summed E-state index contributed by atoms with van der Waals surface area (Å²) < 4.78 is 19.2. The molecule has 0 radical (unpaired) electrons. The van der Waals surface area contributed by atoms with Gasteiger partial charge in [-0.25, -0.2) is 0 Å². The highest BCUT2D eigenvalue weighted by molar-refractivity contribution is 5.94. The number of piperidine rings is 1. The highest BCUT2D eigenvalue weighted by Gasteiger charge is 2.75. The van der Waals surface area contributed by atoms with Gasteiger partial charge in [0.2, 0.25) is 0 Å². The number of nitrogens with zero attached hydrogens (tertiary/aromatic N) is 2. The molecule has 3 aromatic carbocycles. The zero-order valence-corrected chi connectivity index (χ0v) is 27.4. The van der Waals surface area contributed by atoms with E-state index in [0.29, 0.717) is 37.2 Å². The maximum absolute atomic E-state index is 13.7. The number of benzene rings is 3. The summed E-state index contributed by atoms with van der Waals surface area (Å²) in [6.45, 7) is 6.44. The highest BCUT2D eigenvalue weighted by atomic mass is 16.6. The fraction of sp³-hybridized carbons (Fsp3) is 0.410. The summed E-state index contributed by atoms with van der Waals surface area (Å²) in [5.41, 5.74) is 3.54. The number of aryl methyl sites for hydroxylation is 1. The van der Waals surface area contributed by atoms with Crippen molar-refractivity contribution in [3.8, 4) is 23.3 Å². The van der Waals surface area contributed by atoms with Crippen LogP contribution in [-0.4, -0.2) is 71.6 Å². The molecule has 4 aliphatic rings. The first-order valence-electron chi connectivity index (χ1n) is 16.5. The van der Waals surface area contributed by atoms with Crippen LogP contribution in [0.3, 0.4) is 0 Å². The largest absolute Gasteiger partial charge is 0.483 e. The molecule has 1 amide bonds. The number of esters is 2. The van der Waals surface area contributed by atoms with Crippen LogP contribution in [-0.2, 0) is 37.4 Å². The second kappa shape index (κ2) is 11.9. The summed E-state index contributed by atoms with van der Waals surface area (Å²) in [6, 6.07) is 21.6. The molecule has 8 nitrogen and oxygen atoms in total. The molecule has 3 aromatic rings. The van der Waals surface area contributed by atoms with Gasteiger partial charge in [0.05, 0.1) is 17.5 Å². The lowest BCUT2D eigenvalue weighted by Crippen LogP contribution is -2.79. The first kappa shape index (κ1) is 31.0. The first-order valence-corrected chi connectivity index (χ1v) is 16.5. The van der Waals surface area contributed by atoms with Gasteiger partial charge in [0.1, 0.15) is 11.7 Å². The Balaban J connectivity index is 1.31. The molecule has 0 N–H and O–H groups in total. The predicted molar refractivity (Wildman–Crippen MR) is 176 cm³/mol. The van der Waals surface area contributed by atoms with E-state index >= 15 is 0 Å². The third-order valence-corrected chi connectivity index (χ3v) is 10.7. The molecule has 1 spiro atoms. The molecular weight excluding hydrogens is 592 g/mol. The fourth-order valence-electron chi connectivity index (χ4n) is 8.93.